The highest BCUT2D eigenvalue weighted by molar-refractivity contribution is 6.11. The summed E-state index contributed by atoms with van der Waals surface area (Å²) in [6.07, 6.45) is 0. The Morgan fingerprint density at radius 2 is 1.06 bits per heavy atom. The number of esters is 1. The van der Waals surface area contributed by atoms with Gasteiger partial charge in [0.05, 0.1) is 11.0 Å². The Morgan fingerprint density at radius 3 is 1.79 bits per heavy atom. The van der Waals surface area contributed by atoms with Crippen molar-refractivity contribution in [2.45, 2.75) is 6.92 Å². The van der Waals surface area contributed by atoms with Crippen molar-refractivity contribution in [3.63, 3.8) is 0 Å². The van der Waals surface area contributed by atoms with E-state index in [0.717, 1.165) is 61.0 Å². The van der Waals surface area contributed by atoms with Crippen LogP contribution in [0.3, 0.4) is 0 Å². The summed E-state index contributed by atoms with van der Waals surface area (Å²) in [7, 11) is 0. The number of ether oxygens (including phenoxy) is 1. The highest BCUT2D eigenvalue weighted by Crippen LogP contribution is 2.38. The third-order valence-corrected chi connectivity index (χ3v) is 9.13. The zero-order chi connectivity index (χ0) is 32.2. The van der Waals surface area contributed by atoms with Crippen LogP contribution in [-0.2, 0) is 4.79 Å². The molecule has 228 valence electrons. The molecule has 0 unspecified atom stereocenters. The second-order valence-corrected chi connectivity index (χ2v) is 12.1. The summed E-state index contributed by atoms with van der Waals surface area (Å²) in [6, 6.07) is 55.0. The first-order valence-corrected chi connectivity index (χ1v) is 16.0. The van der Waals surface area contributed by atoms with Gasteiger partial charge in [-0.1, -0.05) is 91.0 Å². The van der Waals surface area contributed by atoms with E-state index in [-0.39, 0.29) is 5.97 Å². The van der Waals surface area contributed by atoms with Gasteiger partial charge >= 0.3 is 5.97 Å². The quantitative estimate of drug-likeness (QED) is 0.142. The molecule has 4 nitrogen and oxygen atoms in total. The van der Waals surface area contributed by atoms with Crippen molar-refractivity contribution in [2.75, 3.05) is 0 Å². The first kappa shape index (κ1) is 27.9. The predicted octanol–water partition coefficient (Wildman–Crippen LogP) is 11.6. The Bertz CT molecular complexity index is 2680. The van der Waals surface area contributed by atoms with Crippen molar-refractivity contribution in [1.82, 2.24) is 4.57 Å². The van der Waals surface area contributed by atoms with Gasteiger partial charge in [0.15, 0.2) is 0 Å². The third-order valence-electron chi connectivity index (χ3n) is 9.13. The molecule has 0 saturated heterocycles. The van der Waals surface area contributed by atoms with E-state index in [0.29, 0.717) is 5.75 Å². The average Bonchev–Trinajstić information content (AvgIpc) is 3.67. The number of carbonyl (C=O) groups is 1. The second kappa shape index (κ2) is 11.1. The third kappa shape index (κ3) is 4.74. The molecule has 0 aliphatic rings. The lowest BCUT2D eigenvalue weighted by atomic mass is 9.95. The van der Waals surface area contributed by atoms with Crippen LogP contribution in [0.1, 0.15) is 6.92 Å². The Balaban J connectivity index is 1.11. The summed E-state index contributed by atoms with van der Waals surface area (Å²) >= 11 is 0. The summed E-state index contributed by atoms with van der Waals surface area (Å²) in [5.41, 5.74) is 12.0. The molecule has 0 aliphatic heterocycles. The molecule has 0 radical (unpaired) electrons. The predicted molar refractivity (Wildman–Crippen MR) is 196 cm³/mol. The van der Waals surface area contributed by atoms with Crippen molar-refractivity contribution in [1.29, 1.82) is 0 Å². The number of furan rings is 1. The molecule has 9 rings (SSSR count). The number of hydrogen-bond acceptors (Lipinski definition) is 3. The molecule has 48 heavy (non-hydrogen) atoms. The lowest BCUT2D eigenvalue weighted by molar-refractivity contribution is -0.131. The van der Waals surface area contributed by atoms with E-state index >= 15 is 0 Å². The van der Waals surface area contributed by atoms with Crippen LogP contribution in [0.25, 0.3) is 82.8 Å². The minimum atomic E-state index is -0.323. The Morgan fingerprint density at radius 1 is 0.479 bits per heavy atom. The number of carbonyl (C=O) groups excluding carboxylic acids is 1. The minimum absolute atomic E-state index is 0.323. The lowest BCUT2D eigenvalue weighted by Gasteiger charge is -2.10. The number of benzene rings is 7. The van der Waals surface area contributed by atoms with Crippen LogP contribution in [0.15, 0.2) is 162 Å². The number of fused-ring (bicyclic) bond motifs is 6. The molecule has 0 fully saturated rings. The molecule has 4 heteroatoms. The maximum Gasteiger partial charge on any atom is 0.308 e. The molecule has 0 atom stereocenters. The normalized spacial score (nSPS) is 11.5. The maximum absolute atomic E-state index is 11.3. The van der Waals surface area contributed by atoms with Gasteiger partial charge < -0.3 is 13.7 Å². The molecule has 9 aromatic rings. The Hall–Kier alpha value is -6.39. The van der Waals surface area contributed by atoms with Crippen LogP contribution < -0.4 is 4.74 Å². The van der Waals surface area contributed by atoms with Crippen molar-refractivity contribution >= 4 is 49.7 Å². The molecule has 0 aliphatic carbocycles. The van der Waals surface area contributed by atoms with Gasteiger partial charge in [0.25, 0.3) is 0 Å². The fraction of sp³-hybridized carbons (Fsp3) is 0.0227. The van der Waals surface area contributed by atoms with Gasteiger partial charge in [0.2, 0.25) is 0 Å². The second-order valence-electron chi connectivity index (χ2n) is 12.1. The van der Waals surface area contributed by atoms with E-state index < -0.39 is 0 Å². The van der Waals surface area contributed by atoms with E-state index in [2.05, 4.69) is 126 Å². The van der Waals surface area contributed by atoms with Crippen LogP contribution in [0, 0.1) is 0 Å². The van der Waals surface area contributed by atoms with Crippen LogP contribution in [0.5, 0.6) is 5.75 Å². The van der Waals surface area contributed by atoms with Gasteiger partial charge in [-0.05, 0) is 100 Å². The fourth-order valence-corrected chi connectivity index (χ4v) is 6.92. The van der Waals surface area contributed by atoms with Crippen LogP contribution in [0.4, 0.5) is 0 Å². The van der Waals surface area contributed by atoms with Gasteiger partial charge in [0.1, 0.15) is 16.9 Å². The number of para-hydroxylation sites is 2. The highest BCUT2D eigenvalue weighted by Gasteiger charge is 2.15. The number of hydrogen-bond donors (Lipinski definition) is 0. The van der Waals surface area contributed by atoms with Crippen molar-refractivity contribution in [2.24, 2.45) is 0 Å². The largest absolute Gasteiger partial charge is 0.456 e. The number of aromatic nitrogens is 1. The summed E-state index contributed by atoms with van der Waals surface area (Å²) in [6.45, 7) is 1.41. The molecule has 7 aromatic carbocycles. The van der Waals surface area contributed by atoms with Crippen molar-refractivity contribution in [3.8, 4) is 44.8 Å². The average molecular weight is 620 g/mol. The Kier molecular flexibility index (Phi) is 6.47. The van der Waals surface area contributed by atoms with Gasteiger partial charge in [-0.2, -0.15) is 0 Å². The number of rotatable bonds is 5. The SMILES string of the molecule is CC(=O)Oc1ccc(-c2cccc(-c3cccc(-c4ccc5c(c4)c4ccccc4n5-c4ccc5oc6ccccc6c5c4)c3)c2)cc1. The van der Waals surface area contributed by atoms with Crippen molar-refractivity contribution in [3.05, 3.63) is 158 Å². The maximum atomic E-state index is 11.3. The number of nitrogens with zero attached hydrogens (tertiary/aromatic N) is 1. The molecule has 2 aromatic heterocycles. The van der Waals surface area contributed by atoms with Crippen molar-refractivity contribution < 1.29 is 13.9 Å². The van der Waals surface area contributed by atoms with E-state index in [1.54, 1.807) is 0 Å². The molecule has 0 amide bonds. The van der Waals surface area contributed by atoms with E-state index in [9.17, 15) is 4.79 Å². The zero-order valence-corrected chi connectivity index (χ0v) is 26.2. The molecule has 0 saturated carbocycles. The molecule has 0 bridgehead atoms. The Labute approximate surface area is 277 Å². The van der Waals surface area contributed by atoms with E-state index in [1.165, 1.54) is 28.8 Å². The molecule has 0 N–H and O–H groups in total. The van der Waals surface area contributed by atoms with E-state index in [4.69, 9.17) is 9.15 Å². The van der Waals surface area contributed by atoms with Gasteiger partial charge in [-0.15, -0.1) is 0 Å². The summed E-state index contributed by atoms with van der Waals surface area (Å²) in [5, 5.41) is 4.67. The topological polar surface area (TPSA) is 44.4 Å². The molecule has 2 heterocycles. The monoisotopic (exact) mass is 619 g/mol. The smallest absolute Gasteiger partial charge is 0.308 e. The van der Waals surface area contributed by atoms with Crippen LogP contribution >= 0.6 is 0 Å². The van der Waals surface area contributed by atoms with Gasteiger partial charge in [-0.3, -0.25) is 4.79 Å². The molecular weight excluding hydrogens is 590 g/mol. The van der Waals surface area contributed by atoms with Crippen LogP contribution in [-0.4, -0.2) is 10.5 Å². The summed E-state index contributed by atoms with van der Waals surface area (Å²) < 4.78 is 13.7. The summed E-state index contributed by atoms with van der Waals surface area (Å²) in [4.78, 5) is 11.3. The first-order chi connectivity index (χ1) is 23.6. The lowest BCUT2D eigenvalue weighted by Crippen LogP contribution is -2.00. The molecular formula is C44H29NO3. The highest BCUT2D eigenvalue weighted by atomic mass is 16.5. The fourth-order valence-electron chi connectivity index (χ4n) is 6.92. The minimum Gasteiger partial charge on any atom is -0.456 e. The summed E-state index contributed by atoms with van der Waals surface area (Å²) in [5.74, 6) is 0.221. The first-order valence-electron chi connectivity index (χ1n) is 16.0. The van der Waals surface area contributed by atoms with Crippen LogP contribution in [0.2, 0.25) is 0 Å². The van der Waals surface area contributed by atoms with E-state index in [1.807, 2.05) is 36.4 Å². The standard InChI is InChI=1S/C44H29NO3/c1-28(46)47-36-20-16-29(17-21-36)30-8-6-9-31(24-30)32-10-7-11-33(25-32)34-18-22-42-39(26-34)37-12-2-4-14-41(37)45(42)35-19-23-44-40(27-35)38-13-3-5-15-43(38)48-44/h2-27H,1H3. The molecule has 0 spiro atoms. The van der Waals surface area contributed by atoms with Gasteiger partial charge in [-0.25, -0.2) is 0 Å². The zero-order valence-electron chi connectivity index (χ0n) is 26.2. The van der Waals surface area contributed by atoms with Gasteiger partial charge in [0, 0.05) is 34.2 Å².